The van der Waals surface area contributed by atoms with Crippen LogP contribution in [0.15, 0.2) is 17.6 Å². The number of anilines is 1. The lowest BCUT2D eigenvalue weighted by molar-refractivity contribution is -0.382. The van der Waals surface area contributed by atoms with Crippen LogP contribution < -0.4 is 5.32 Å². The van der Waals surface area contributed by atoms with E-state index in [9.17, 15) is 10.1 Å². The van der Waals surface area contributed by atoms with Gasteiger partial charge < -0.3 is 5.32 Å². The van der Waals surface area contributed by atoms with E-state index in [0.717, 1.165) is 23.1 Å². The molecule has 0 aliphatic heterocycles. The van der Waals surface area contributed by atoms with E-state index in [1.54, 1.807) is 5.51 Å². The summed E-state index contributed by atoms with van der Waals surface area (Å²) in [7, 11) is 0. The number of rotatable bonds is 4. The Morgan fingerprint density at radius 2 is 2.29 bits per heavy atom. The molecule has 0 amide bonds. The molecule has 3 unspecified atom stereocenters. The molecule has 6 heteroatoms. The van der Waals surface area contributed by atoms with Gasteiger partial charge >= 0.3 is 5.69 Å². The molecular weight excluding hydrogens is 286 g/mol. The normalized spacial score (nSPS) is 27.3. The van der Waals surface area contributed by atoms with Crippen LogP contribution in [0, 0.1) is 27.9 Å². The molecule has 110 valence electrons. The minimum absolute atomic E-state index is 0.122. The lowest BCUT2D eigenvalue weighted by Gasteiger charge is -2.22. The number of hydrogen-bond donors (Lipinski definition) is 1. The molecule has 1 N–H and O–H groups in total. The highest BCUT2D eigenvalue weighted by molar-refractivity contribution is 7.16. The summed E-state index contributed by atoms with van der Waals surface area (Å²) in [5, 5.41) is 14.7. The Morgan fingerprint density at radius 3 is 3.00 bits per heavy atom. The molecule has 1 heterocycles. The monoisotopic (exact) mass is 303 g/mol. The van der Waals surface area contributed by atoms with Crippen LogP contribution in [-0.2, 0) is 0 Å². The van der Waals surface area contributed by atoms with Gasteiger partial charge in [0.05, 0.1) is 15.1 Å². The van der Waals surface area contributed by atoms with Gasteiger partial charge in [-0.15, -0.1) is 11.3 Å². The number of benzene rings is 1. The van der Waals surface area contributed by atoms with E-state index < -0.39 is 0 Å². The molecule has 2 aromatic rings. The Bertz CT molecular complexity index is 699. The van der Waals surface area contributed by atoms with Crippen molar-refractivity contribution in [2.45, 2.75) is 25.7 Å². The van der Waals surface area contributed by atoms with Crippen LogP contribution in [0.2, 0.25) is 0 Å². The van der Waals surface area contributed by atoms with Crippen molar-refractivity contribution >= 4 is 32.9 Å². The highest BCUT2D eigenvalue weighted by atomic mass is 32.1. The molecule has 2 fully saturated rings. The van der Waals surface area contributed by atoms with Gasteiger partial charge in [-0.25, -0.2) is 4.98 Å². The van der Waals surface area contributed by atoms with Crippen LogP contribution in [0.3, 0.4) is 0 Å². The van der Waals surface area contributed by atoms with Gasteiger partial charge in [0, 0.05) is 6.54 Å². The maximum atomic E-state index is 11.4. The highest BCUT2D eigenvalue weighted by Crippen LogP contribution is 2.48. The number of nitro benzene ring substituents is 1. The van der Waals surface area contributed by atoms with Gasteiger partial charge in [-0.2, -0.15) is 0 Å². The van der Waals surface area contributed by atoms with Crippen molar-refractivity contribution in [3.63, 3.8) is 0 Å². The average Bonchev–Trinajstić information content (AvgIpc) is 3.19. The fraction of sp³-hybridized carbons (Fsp3) is 0.533. The smallest absolute Gasteiger partial charge is 0.319 e. The van der Waals surface area contributed by atoms with Gasteiger partial charge in [-0.1, -0.05) is 6.42 Å². The number of nitrogens with zero attached hydrogens (tertiary/aromatic N) is 2. The third-order valence-corrected chi connectivity index (χ3v) is 5.89. The quantitative estimate of drug-likeness (QED) is 0.683. The fourth-order valence-corrected chi connectivity index (χ4v) is 4.79. The Morgan fingerprint density at radius 1 is 1.38 bits per heavy atom. The van der Waals surface area contributed by atoms with Crippen molar-refractivity contribution in [1.82, 2.24) is 4.98 Å². The van der Waals surface area contributed by atoms with E-state index in [0.29, 0.717) is 17.1 Å². The third kappa shape index (κ3) is 2.18. The van der Waals surface area contributed by atoms with E-state index in [1.807, 2.05) is 12.1 Å². The summed E-state index contributed by atoms with van der Waals surface area (Å²) in [6.07, 6.45) is 5.36. The van der Waals surface area contributed by atoms with Crippen molar-refractivity contribution in [3.8, 4) is 0 Å². The van der Waals surface area contributed by atoms with Crippen molar-refractivity contribution in [2.75, 3.05) is 11.9 Å². The van der Waals surface area contributed by atoms with Crippen molar-refractivity contribution in [3.05, 3.63) is 27.8 Å². The number of fused-ring (bicyclic) bond motifs is 3. The van der Waals surface area contributed by atoms with Crippen LogP contribution >= 0.6 is 11.3 Å². The summed E-state index contributed by atoms with van der Waals surface area (Å²) < 4.78 is 0.868. The van der Waals surface area contributed by atoms with E-state index in [1.165, 1.54) is 37.0 Å². The van der Waals surface area contributed by atoms with Gasteiger partial charge in [0.25, 0.3) is 0 Å². The molecule has 21 heavy (non-hydrogen) atoms. The minimum Gasteiger partial charge on any atom is -0.379 e. The first-order valence-electron chi connectivity index (χ1n) is 7.47. The Kier molecular flexibility index (Phi) is 3.06. The van der Waals surface area contributed by atoms with E-state index >= 15 is 0 Å². The number of nitro groups is 1. The van der Waals surface area contributed by atoms with Crippen LogP contribution in [0.1, 0.15) is 25.7 Å². The van der Waals surface area contributed by atoms with Gasteiger partial charge in [0.1, 0.15) is 5.69 Å². The van der Waals surface area contributed by atoms with Crippen molar-refractivity contribution in [1.29, 1.82) is 0 Å². The molecule has 2 saturated carbocycles. The SMILES string of the molecule is O=[N+]([O-])c1c(NCC2CC3CCC2C3)ccc2scnc12. The first-order chi connectivity index (χ1) is 10.2. The largest absolute Gasteiger partial charge is 0.379 e. The second-order valence-electron chi connectivity index (χ2n) is 6.23. The average molecular weight is 303 g/mol. The molecule has 1 aromatic carbocycles. The first kappa shape index (κ1) is 13.0. The lowest BCUT2D eigenvalue weighted by Crippen LogP contribution is -2.20. The molecule has 3 atom stereocenters. The summed E-state index contributed by atoms with van der Waals surface area (Å²) in [5.41, 5.74) is 2.90. The molecule has 0 spiro atoms. The van der Waals surface area contributed by atoms with Gasteiger partial charge in [0.15, 0.2) is 5.52 Å². The van der Waals surface area contributed by atoms with Crippen molar-refractivity contribution < 1.29 is 4.92 Å². The third-order valence-electron chi connectivity index (χ3n) is 5.10. The predicted octanol–water partition coefficient (Wildman–Crippen LogP) is 4.05. The Hall–Kier alpha value is -1.69. The lowest BCUT2D eigenvalue weighted by atomic mass is 9.89. The molecule has 2 bridgehead atoms. The highest BCUT2D eigenvalue weighted by Gasteiger charge is 2.39. The van der Waals surface area contributed by atoms with Gasteiger partial charge in [-0.3, -0.25) is 10.1 Å². The number of aromatic nitrogens is 1. The standard InChI is InChI=1S/C15H17N3O2S/c19-18(20)15-12(3-4-13-14(15)17-8-21-13)16-7-11-6-9-1-2-10(11)5-9/h3-4,8-11,16H,1-2,5-7H2. The zero-order valence-electron chi connectivity index (χ0n) is 11.6. The Labute approximate surface area is 126 Å². The second-order valence-corrected chi connectivity index (χ2v) is 7.12. The van der Waals surface area contributed by atoms with Crippen LogP contribution in [0.4, 0.5) is 11.4 Å². The molecule has 1 aromatic heterocycles. The maximum Gasteiger partial charge on any atom is 0.319 e. The fourth-order valence-electron chi connectivity index (χ4n) is 4.11. The maximum absolute atomic E-state index is 11.4. The van der Waals surface area contributed by atoms with E-state index in [4.69, 9.17) is 0 Å². The van der Waals surface area contributed by atoms with Crippen LogP contribution in [0.25, 0.3) is 10.2 Å². The molecule has 2 aliphatic rings. The number of nitrogens with one attached hydrogen (secondary N) is 1. The van der Waals surface area contributed by atoms with E-state index in [2.05, 4.69) is 10.3 Å². The molecule has 0 saturated heterocycles. The predicted molar refractivity (Wildman–Crippen MR) is 83.7 cm³/mol. The van der Waals surface area contributed by atoms with Crippen LogP contribution in [-0.4, -0.2) is 16.5 Å². The van der Waals surface area contributed by atoms with Gasteiger partial charge in [0.2, 0.25) is 0 Å². The van der Waals surface area contributed by atoms with Crippen molar-refractivity contribution in [2.24, 2.45) is 17.8 Å². The number of hydrogen-bond acceptors (Lipinski definition) is 5. The van der Waals surface area contributed by atoms with Crippen LogP contribution in [0.5, 0.6) is 0 Å². The summed E-state index contributed by atoms with van der Waals surface area (Å²) in [6, 6.07) is 3.75. The minimum atomic E-state index is -0.314. The zero-order valence-corrected chi connectivity index (χ0v) is 12.4. The molecule has 2 aliphatic carbocycles. The second kappa shape index (κ2) is 4.94. The molecular formula is C15H17N3O2S. The summed E-state index contributed by atoms with van der Waals surface area (Å²) >= 11 is 1.44. The number of thiazole rings is 1. The zero-order chi connectivity index (χ0) is 14.4. The molecule has 0 radical (unpaired) electrons. The topological polar surface area (TPSA) is 68.1 Å². The van der Waals surface area contributed by atoms with Gasteiger partial charge in [-0.05, 0) is 49.1 Å². The molecule has 5 nitrogen and oxygen atoms in total. The van der Waals surface area contributed by atoms with E-state index in [-0.39, 0.29) is 10.6 Å². The summed E-state index contributed by atoms with van der Waals surface area (Å²) in [5.74, 6) is 2.40. The summed E-state index contributed by atoms with van der Waals surface area (Å²) in [6.45, 7) is 0.845. The Balaban J connectivity index is 1.58. The summed E-state index contributed by atoms with van der Waals surface area (Å²) in [4.78, 5) is 15.2. The first-order valence-corrected chi connectivity index (χ1v) is 8.35. The molecule has 4 rings (SSSR count).